The average Bonchev–Trinajstić information content (AvgIpc) is 2.62. The molecule has 3 nitrogen and oxygen atoms in total. The molecular weight excluding hydrogens is 198 g/mol. The summed E-state index contributed by atoms with van der Waals surface area (Å²) in [5.41, 5.74) is 0. The van der Waals surface area contributed by atoms with Gasteiger partial charge in [-0.1, -0.05) is 0 Å². The lowest BCUT2D eigenvalue weighted by Gasteiger charge is -2.11. The highest BCUT2D eigenvalue weighted by atomic mass is 32.1. The van der Waals surface area contributed by atoms with Crippen LogP contribution in [0.15, 0.2) is 11.4 Å². The van der Waals surface area contributed by atoms with Crippen molar-refractivity contribution in [1.82, 2.24) is 5.32 Å². The lowest BCUT2D eigenvalue weighted by molar-refractivity contribution is 0.268. The Balaban J connectivity index is 2.37. The van der Waals surface area contributed by atoms with Crippen LogP contribution in [0.4, 0.5) is 0 Å². The van der Waals surface area contributed by atoms with Gasteiger partial charge >= 0.3 is 0 Å². The van der Waals surface area contributed by atoms with E-state index in [1.807, 2.05) is 11.4 Å². The lowest BCUT2D eigenvalue weighted by atomic mass is 10.2. The first-order chi connectivity index (χ1) is 6.77. The van der Waals surface area contributed by atoms with Gasteiger partial charge in [-0.25, -0.2) is 0 Å². The van der Waals surface area contributed by atoms with Crippen molar-refractivity contribution in [2.75, 3.05) is 13.7 Å². The predicted octanol–water partition coefficient (Wildman–Crippen LogP) is 1.62. The van der Waals surface area contributed by atoms with E-state index >= 15 is 0 Å². The molecule has 4 heteroatoms. The summed E-state index contributed by atoms with van der Waals surface area (Å²) in [4.78, 5) is 1.21. The first kappa shape index (κ1) is 11.5. The van der Waals surface area contributed by atoms with Crippen molar-refractivity contribution in [1.29, 1.82) is 0 Å². The number of thiophene rings is 1. The van der Waals surface area contributed by atoms with Crippen LogP contribution in [0.25, 0.3) is 0 Å². The predicted molar refractivity (Wildman–Crippen MR) is 58.9 cm³/mol. The number of hydrogen-bond acceptors (Lipinski definition) is 4. The van der Waals surface area contributed by atoms with Crippen LogP contribution < -0.4 is 10.1 Å². The van der Waals surface area contributed by atoms with Crippen LogP contribution in [0.3, 0.4) is 0 Å². The zero-order chi connectivity index (χ0) is 10.4. The molecule has 1 aromatic rings. The number of nitrogens with one attached hydrogen (secondary N) is 1. The number of rotatable bonds is 6. The average molecular weight is 215 g/mol. The normalized spacial score (nSPS) is 12.8. The first-order valence-electron chi connectivity index (χ1n) is 4.72. The van der Waals surface area contributed by atoms with Gasteiger partial charge in [0.15, 0.2) is 0 Å². The Kier molecular flexibility index (Phi) is 4.93. The third-order valence-electron chi connectivity index (χ3n) is 2.10. The molecule has 1 heterocycles. The molecule has 2 N–H and O–H groups in total. The van der Waals surface area contributed by atoms with Gasteiger partial charge in [0.25, 0.3) is 0 Å². The summed E-state index contributed by atoms with van der Waals surface area (Å²) in [6, 6.07) is 2.31. The summed E-state index contributed by atoms with van der Waals surface area (Å²) < 4.78 is 5.20. The minimum atomic E-state index is 0.232. The van der Waals surface area contributed by atoms with Crippen LogP contribution in [0.2, 0.25) is 0 Å². The summed E-state index contributed by atoms with van der Waals surface area (Å²) in [6.07, 6.45) is 0.785. The number of ether oxygens (including phenoxy) is 1. The van der Waals surface area contributed by atoms with Crippen LogP contribution >= 0.6 is 11.3 Å². The largest absolute Gasteiger partial charge is 0.496 e. The molecule has 0 aliphatic carbocycles. The minimum absolute atomic E-state index is 0.232. The van der Waals surface area contributed by atoms with Gasteiger partial charge in [-0.2, -0.15) is 0 Å². The van der Waals surface area contributed by atoms with E-state index in [0.717, 1.165) is 18.7 Å². The van der Waals surface area contributed by atoms with Gasteiger partial charge in [0.05, 0.1) is 12.0 Å². The monoisotopic (exact) mass is 215 g/mol. The number of methoxy groups -OCH3 is 1. The summed E-state index contributed by atoms with van der Waals surface area (Å²) in [7, 11) is 1.68. The second-order valence-electron chi connectivity index (χ2n) is 3.21. The van der Waals surface area contributed by atoms with Crippen LogP contribution in [0.5, 0.6) is 5.75 Å². The quantitative estimate of drug-likeness (QED) is 0.757. The van der Waals surface area contributed by atoms with Gasteiger partial charge in [0.1, 0.15) is 5.75 Å². The molecule has 80 valence electrons. The Morgan fingerprint density at radius 1 is 1.64 bits per heavy atom. The highest BCUT2D eigenvalue weighted by molar-refractivity contribution is 7.10. The van der Waals surface area contributed by atoms with Crippen molar-refractivity contribution >= 4 is 11.3 Å². The fourth-order valence-electron chi connectivity index (χ4n) is 1.20. The molecule has 0 aromatic carbocycles. The molecule has 0 spiro atoms. The summed E-state index contributed by atoms with van der Waals surface area (Å²) >= 11 is 1.68. The molecule has 0 fully saturated rings. The van der Waals surface area contributed by atoms with Gasteiger partial charge in [-0.3, -0.25) is 0 Å². The van der Waals surface area contributed by atoms with Crippen LogP contribution in [0.1, 0.15) is 18.2 Å². The van der Waals surface area contributed by atoms with Crippen molar-refractivity contribution in [2.45, 2.75) is 25.9 Å². The Morgan fingerprint density at radius 3 is 3.07 bits per heavy atom. The van der Waals surface area contributed by atoms with Gasteiger partial charge in [0.2, 0.25) is 0 Å². The van der Waals surface area contributed by atoms with Crippen LogP contribution in [0, 0.1) is 0 Å². The van der Waals surface area contributed by atoms with E-state index in [4.69, 9.17) is 9.84 Å². The van der Waals surface area contributed by atoms with Gasteiger partial charge in [0, 0.05) is 19.2 Å². The third kappa shape index (κ3) is 3.29. The zero-order valence-electron chi connectivity index (χ0n) is 8.62. The van der Waals surface area contributed by atoms with Crippen molar-refractivity contribution in [2.24, 2.45) is 0 Å². The SMILES string of the molecule is COc1ccsc1CNC(C)CCO. The molecule has 1 unspecified atom stereocenters. The Labute approximate surface area is 88.7 Å². The van der Waals surface area contributed by atoms with E-state index in [1.54, 1.807) is 18.4 Å². The molecule has 0 aliphatic rings. The molecule has 0 saturated carbocycles. The molecule has 0 aliphatic heterocycles. The van der Waals surface area contributed by atoms with E-state index in [-0.39, 0.29) is 6.61 Å². The molecule has 1 rings (SSSR count). The molecule has 0 bridgehead atoms. The molecular formula is C10H17NO2S. The zero-order valence-corrected chi connectivity index (χ0v) is 9.43. The lowest BCUT2D eigenvalue weighted by Crippen LogP contribution is -2.26. The van der Waals surface area contributed by atoms with Crippen molar-refractivity contribution in [3.63, 3.8) is 0 Å². The number of aliphatic hydroxyl groups excluding tert-OH is 1. The fraction of sp³-hybridized carbons (Fsp3) is 0.600. The molecule has 0 saturated heterocycles. The summed E-state index contributed by atoms with van der Waals surface area (Å²) in [6.45, 7) is 3.11. The Bertz CT molecular complexity index is 262. The summed E-state index contributed by atoms with van der Waals surface area (Å²) in [5.74, 6) is 0.943. The second kappa shape index (κ2) is 6.01. The Hall–Kier alpha value is -0.580. The van der Waals surface area contributed by atoms with E-state index in [9.17, 15) is 0 Å². The second-order valence-corrected chi connectivity index (χ2v) is 4.21. The fourth-order valence-corrected chi connectivity index (χ4v) is 1.99. The standard InChI is InChI=1S/C10H17NO2S/c1-8(3-5-12)11-7-10-9(13-2)4-6-14-10/h4,6,8,11-12H,3,5,7H2,1-2H3. The van der Waals surface area contributed by atoms with E-state index < -0.39 is 0 Å². The molecule has 1 atom stereocenters. The van der Waals surface area contributed by atoms with Gasteiger partial charge in [-0.05, 0) is 24.8 Å². The first-order valence-corrected chi connectivity index (χ1v) is 5.60. The van der Waals surface area contributed by atoms with Crippen molar-refractivity contribution < 1.29 is 9.84 Å². The van der Waals surface area contributed by atoms with E-state index in [0.29, 0.717) is 6.04 Å². The van der Waals surface area contributed by atoms with Gasteiger partial charge < -0.3 is 15.2 Å². The van der Waals surface area contributed by atoms with Gasteiger partial charge in [-0.15, -0.1) is 11.3 Å². The van der Waals surface area contributed by atoms with Crippen LogP contribution in [-0.2, 0) is 6.54 Å². The Morgan fingerprint density at radius 2 is 2.43 bits per heavy atom. The number of hydrogen-bond donors (Lipinski definition) is 2. The molecule has 14 heavy (non-hydrogen) atoms. The molecule has 1 aromatic heterocycles. The van der Waals surface area contributed by atoms with Crippen molar-refractivity contribution in [3.8, 4) is 5.75 Å². The van der Waals surface area contributed by atoms with Crippen molar-refractivity contribution in [3.05, 3.63) is 16.3 Å². The topological polar surface area (TPSA) is 41.5 Å². The highest BCUT2D eigenvalue weighted by Gasteiger charge is 2.05. The smallest absolute Gasteiger partial charge is 0.134 e. The maximum Gasteiger partial charge on any atom is 0.134 e. The number of aliphatic hydroxyl groups is 1. The third-order valence-corrected chi connectivity index (χ3v) is 3.00. The molecule has 0 amide bonds. The maximum atomic E-state index is 8.73. The maximum absolute atomic E-state index is 8.73. The van der Waals surface area contributed by atoms with E-state index in [2.05, 4.69) is 12.2 Å². The summed E-state index contributed by atoms with van der Waals surface area (Å²) in [5, 5.41) is 14.1. The molecule has 0 radical (unpaired) electrons. The highest BCUT2D eigenvalue weighted by Crippen LogP contribution is 2.23. The minimum Gasteiger partial charge on any atom is -0.496 e. The van der Waals surface area contributed by atoms with Crippen LogP contribution in [-0.4, -0.2) is 24.9 Å². The van der Waals surface area contributed by atoms with E-state index in [1.165, 1.54) is 4.88 Å².